The number of aromatic hydroxyl groups is 1. The Bertz CT molecular complexity index is 980. The lowest BCUT2D eigenvalue weighted by Crippen LogP contribution is -2.36. The van der Waals surface area contributed by atoms with E-state index in [1.165, 1.54) is 6.07 Å². The van der Waals surface area contributed by atoms with Gasteiger partial charge in [-0.1, -0.05) is 18.2 Å². The van der Waals surface area contributed by atoms with Gasteiger partial charge in [0, 0.05) is 4.47 Å². The molecule has 1 aliphatic heterocycles. The van der Waals surface area contributed by atoms with Crippen LogP contribution < -0.4 is 5.32 Å². The fraction of sp³-hybridized carbons (Fsp3) is 0.0556. The third-order valence-electron chi connectivity index (χ3n) is 3.59. The number of phenolic OH excluding ortho intramolecular Hbond substituents is 1. The lowest BCUT2D eigenvalue weighted by molar-refractivity contribution is -0.127. The summed E-state index contributed by atoms with van der Waals surface area (Å²) in [5.74, 6) is -0.843. The number of carbonyl (C=O) groups excluding carboxylic acids is 3. The van der Waals surface area contributed by atoms with Crippen LogP contribution in [0.15, 0.2) is 51.8 Å². The molecular formula is C18H12BrIN2O4S. The van der Waals surface area contributed by atoms with Crippen LogP contribution in [0.3, 0.4) is 0 Å². The van der Waals surface area contributed by atoms with Crippen molar-refractivity contribution in [1.29, 1.82) is 0 Å². The molecule has 0 aromatic heterocycles. The minimum atomic E-state index is -0.518. The van der Waals surface area contributed by atoms with E-state index >= 15 is 0 Å². The second-order valence-corrected chi connectivity index (χ2v) is 8.52. The number of hydrogen-bond donors (Lipinski definition) is 2. The Labute approximate surface area is 181 Å². The van der Waals surface area contributed by atoms with E-state index in [9.17, 15) is 19.5 Å². The summed E-state index contributed by atoms with van der Waals surface area (Å²) in [7, 11) is 0. The first-order valence-corrected chi connectivity index (χ1v) is 10.3. The van der Waals surface area contributed by atoms with E-state index in [0.717, 1.165) is 16.7 Å². The molecule has 0 bridgehead atoms. The molecule has 3 amide bonds. The van der Waals surface area contributed by atoms with Crippen LogP contribution in [-0.2, 0) is 9.59 Å². The molecule has 9 heteroatoms. The highest BCUT2D eigenvalue weighted by molar-refractivity contribution is 14.1. The molecule has 1 fully saturated rings. The second kappa shape index (κ2) is 8.44. The van der Waals surface area contributed by atoms with Crippen LogP contribution >= 0.6 is 50.3 Å². The molecular weight excluding hydrogens is 547 g/mol. The van der Waals surface area contributed by atoms with Crippen molar-refractivity contribution in [3.63, 3.8) is 0 Å². The van der Waals surface area contributed by atoms with Crippen molar-refractivity contribution < 1.29 is 19.5 Å². The number of rotatable bonds is 4. The molecule has 1 saturated heterocycles. The molecule has 0 unspecified atom stereocenters. The zero-order valence-electron chi connectivity index (χ0n) is 13.6. The number of imide groups is 1. The van der Waals surface area contributed by atoms with E-state index in [0.29, 0.717) is 19.3 Å². The molecule has 2 N–H and O–H groups in total. The van der Waals surface area contributed by atoms with Crippen LogP contribution in [0, 0.1) is 3.57 Å². The molecule has 1 aliphatic rings. The Balaban J connectivity index is 1.72. The summed E-state index contributed by atoms with van der Waals surface area (Å²) in [5.41, 5.74) is 1.24. The fourth-order valence-electron chi connectivity index (χ4n) is 2.30. The monoisotopic (exact) mass is 558 g/mol. The predicted molar refractivity (Wildman–Crippen MR) is 116 cm³/mol. The van der Waals surface area contributed by atoms with Crippen LogP contribution in [0.5, 0.6) is 5.75 Å². The van der Waals surface area contributed by atoms with Gasteiger partial charge in [0.1, 0.15) is 12.3 Å². The molecule has 0 saturated carbocycles. The summed E-state index contributed by atoms with van der Waals surface area (Å²) in [6.45, 7) is -0.365. The van der Waals surface area contributed by atoms with Gasteiger partial charge in [-0.05, 0) is 86.2 Å². The number of halogens is 2. The lowest BCUT2D eigenvalue weighted by Gasteiger charge is -2.13. The number of thioether (sulfide) groups is 1. The lowest BCUT2D eigenvalue weighted by atomic mass is 10.2. The molecule has 2 aromatic rings. The van der Waals surface area contributed by atoms with Crippen LogP contribution in [0.1, 0.15) is 5.56 Å². The first-order chi connectivity index (χ1) is 12.8. The highest BCUT2D eigenvalue weighted by Gasteiger charge is 2.36. The molecule has 138 valence electrons. The van der Waals surface area contributed by atoms with Gasteiger partial charge in [-0.25, -0.2) is 0 Å². The average molecular weight is 559 g/mol. The van der Waals surface area contributed by atoms with Gasteiger partial charge in [-0.15, -0.1) is 0 Å². The average Bonchev–Trinajstić information content (AvgIpc) is 2.88. The van der Waals surface area contributed by atoms with Gasteiger partial charge in [0.15, 0.2) is 0 Å². The fourth-order valence-corrected chi connectivity index (χ4v) is 4.06. The van der Waals surface area contributed by atoms with Crippen molar-refractivity contribution in [3.8, 4) is 5.75 Å². The van der Waals surface area contributed by atoms with Crippen molar-refractivity contribution in [2.45, 2.75) is 0 Å². The third-order valence-corrected chi connectivity index (χ3v) is 6.06. The van der Waals surface area contributed by atoms with Crippen molar-refractivity contribution in [1.82, 2.24) is 4.90 Å². The Morgan fingerprint density at radius 2 is 2.00 bits per heavy atom. The Hall–Kier alpha value is -1.85. The number of nitrogens with one attached hydrogen (secondary N) is 1. The Morgan fingerprint density at radius 1 is 1.26 bits per heavy atom. The second-order valence-electron chi connectivity index (χ2n) is 5.51. The maximum atomic E-state index is 12.5. The van der Waals surface area contributed by atoms with Crippen molar-refractivity contribution >= 4 is 79.1 Å². The molecule has 0 atom stereocenters. The maximum absolute atomic E-state index is 12.5. The molecule has 0 radical (unpaired) electrons. The van der Waals surface area contributed by atoms with Gasteiger partial charge in [0.05, 0.1) is 14.2 Å². The minimum absolute atomic E-state index is 0.143. The van der Waals surface area contributed by atoms with Crippen LogP contribution in [0.25, 0.3) is 6.08 Å². The van der Waals surface area contributed by atoms with Gasteiger partial charge in [0.2, 0.25) is 5.91 Å². The van der Waals surface area contributed by atoms with E-state index in [2.05, 4.69) is 21.2 Å². The van der Waals surface area contributed by atoms with E-state index in [1.807, 2.05) is 28.7 Å². The quantitative estimate of drug-likeness (QED) is 0.428. The van der Waals surface area contributed by atoms with E-state index in [-0.39, 0.29) is 17.2 Å². The van der Waals surface area contributed by atoms with Crippen LogP contribution in [-0.4, -0.2) is 33.6 Å². The maximum Gasteiger partial charge on any atom is 0.294 e. The van der Waals surface area contributed by atoms with Gasteiger partial charge in [0.25, 0.3) is 11.1 Å². The van der Waals surface area contributed by atoms with Crippen molar-refractivity contribution in [2.24, 2.45) is 0 Å². The van der Waals surface area contributed by atoms with E-state index < -0.39 is 17.1 Å². The van der Waals surface area contributed by atoms with E-state index in [4.69, 9.17) is 0 Å². The highest BCUT2D eigenvalue weighted by Crippen LogP contribution is 2.33. The van der Waals surface area contributed by atoms with Crippen molar-refractivity contribution in [2.75, 3.05) is 11.9 Å². The number of nitrogens with zero attached hydrogens (tertiary/aromatic N) is 1. The normalized spacial score (nSPS) is 15.5. The molecule has 1 heterocycles. The van der Waals surface area contributed by atoms with Gasteiger partial charge < -0.3 is 10.4 Å². The first kappa shape index (κ1) is 19.9. The zero-order chi connectivity index (χ0) is 19.6. The molecule has 3 rings (SSSR count). The number of carbonyl (C=O) groups is 3. The summed E-state index contributed by atoms with van der Waals surface area (Å²) in [4.78, 5) is 38.0. The summed E-state index contributed by atoms with van der Waals surface area (Å²) in [6, 6.07) is 11.9. The summed E-state index contributed by atoms with van der Waals surface area (Å²) in [6.07, 6.45) is 1.57. The van der Waals surface area contributed by atoms with E-state index in [1.54, 1.807) is 36.4 Å². The predicted octanol–water partition coefficient (Wildman–Crippen LogP) is 4.43. The van der Waals surface area contributed by atoms with Crippen molar-refractivity contribution in [3.05, 3.63) is 61.0 Å². The number of phenols is 1. The topological polar surface area (TPSA) is 86.7 Å². The summed E-state index contributed by atoms with van der Waals surface area (Å²) >= 11 is 6.08. The summed E-state index contributed by atoms with van der Waals surface area (Å²) < 4.78 is 1.34. The largest absolute Gasteiger partial charge is 0.507 e. The summed E-state index contributed by atoms with van der Waals surface area (Å²) in [5, 5.41) is 11.7. The van der Waals surface area contributed by atoms with Crippen LogP contribution in [0.4, 0.5) is 10.5 Å². The number of para-hydroxylation sites is 1. The first-order valence-electron chi connectivity index (χ1n) is 7.63. The van der Waals surface area contributed by atoms with Gasteiger partial charge in [-0.2, -0.15) is 0 Å². The SMILES string of the molecule is O=C(CN1C(=O)S/C(=C\c2ccc(O)c(I)c2)C1=O)Nc1ccccc1Br. The Morgan fingerprint density at radius 3 is 2.70 bits per heavy atom. The van der Waals surface area contributed by atoms with Crippen LogP contribution in [0.2, 0.25) is 0 Å². The van der Waals surface area contributed by atoms with Gasteiger partial charge >= 0.3 is 0 Å². The molecule has 6 nitrogen and oxygen atoms in total. The van der Waals surface area contributed by atoms with Gasteiger partial charge in [-0.3, -0.25) is 19.3 Å². The highest BCUT2D eigenvalue weighted by atomic mass is 127. The third kappa shape index (κ3) is 4.71. The molecule has 0 aliphatic carbocycles. The number of hydrogen-bond acceptors (Lipinski definition) is 5. The minimum Gasteiger partial charge on any atom is -0.507 e. The molecule has 0 spiro atoms. The zero-order valence-corrected chi connectivity index (χ0v) is 18.2. The standard InChI is InChI=1S/C18H12BrIN2O4S/c19-11-3-1-2-4-13(11)21-16(24)9-22-17(25)15(27-18(22)26)8-10-5-6-14(23)12(20)7-10/h1-8,23H,9H2,(H,21,24)/b15-8-. The molecule has 27 heavy (non-hydrogen) atoms. The number of amides is 3. The Kier molecular flexibility index (Phi) is 6.22. The number of anilines is 1. The molecule has 2 aromatic carbocycles. The smallest absolute Gasteiger partial charge is 0.294 e. The number of benzene rings is 2.